The minimum Gasteiger partial charge on any atom is -0.493 e. The Morgan fingerprint density at radius 1 is 1.32 bits per heavy atom. The molecular weight excluding hydrogens is 358 g/mol. The molecule has 0 saturated carbocycles. The first-order valence-electron chi connectivity index (χ1n) is 9.46. The van der Waals surface area contributed by atoms with E-state index in [1.54, 1.807) is 19.1 Å². The number of anilines is 1. The van der Waals surface area contributed by atoms with Crippen molar-refractivity contribution in [2.24, 2.45) is 5.92 Å². The second-order valence-electron chi connectivity index (χ2n) is 7.57. The van der Waals surface area contributed by atoms with Gasteiger partial charge in [-0.3, -0.25) is 4.79 Å². The molecule has 4 rings (SSSR count). The summed E-state index contributed by atoms with van der Waals surface area (Å²) in [4.78, 5) is 30.3. The van der Waals surface area contributed by atoms with Crippen LogP contribution in [0.15, 0.2) is 36.5 Å². The van der Waals surface area contributed by atoms with E-state index in [0.717, 1.165) is 22.6 Å². The Kier molecular flexibility index (Phi) is 4.45. The van der Waals surface area contributed by atoms with Gasteiger partial charge in [0, 0.05) is 11.6 Å². The molecule has 1 saturated heterocycles. The maximum Gasteiger partial charge on any atom is 0.329 e. The summed E-state index contributed by atoms with van der Waals surface area (Å²) in [6, 6.07) is 8.59. The van der Waals surface area contributed by atoms with Crippen LogP contribution < -0.4 is 19.7 Å². The largest absolute Gasteiger partial charge is 0.493 e. The Balaban J connectivity index is 1.56. The zero-order chi connectivity index (χ0) is 19.9. The number of hydrogen-bond acceptors (Lipinski definition) is 5. The normalized spacial score (nSPS) is 23.8. The van der Waals surface area contributed by atoms with Crippen LogP contribution in [-0.4, -0.2) is 29.1 Å². The molecule has 0 radical (unpaired) electrons. The first-order chi connectivity index (χ1) is 13.4. The standard InChI is InChI=1S/C21H23N3O4/c1-4-21(3)19(25)24(20(26)23-21)14-8-9-18(22-11-14)28-17-7-5-6-16-15(17)10-13(2)12-27-16/h5-9,11,13H,4,10,12H2,1-3H3,(H,23,26)/t13-,21-/m1/s1. The number of pyridine rings is 1. The zero-order valence-electron chi connectivity index (χ0n) is 16.2. The van der Waals surface area contributed by atoms with Gasteiger partial charge in [0.25, 0.3) is 5.91 Å². The number of carbonyl (C=O) groups excluding carboxylic acids is 2. The Hall–Kier alpha value is -3.09. The predicted octanol–water partition coefficient (Wildman–Crippen LogP) is 3.67. The van der Waals surface area contributed by atoms with Gasteiger partial charge in [-0.05, 0) is 43.9 Å². The van der Waals surface area contributed by atoms with Crippen molar-refractivity contribution in [3.05, 3.63) is 42.1 Å². The van der Waals surface area contributed by atoms with Gasteiger partial charge in [0.1, 0.15) is 17.0 Å². The molecule has 7 nitrogen and oxygen atoms in total. The van der Waals surface area contributed by atoms with Crippen LogP contribution in [0.5, 0.6) is 17.4 Å². The van der Waals surface area contributed by atoms with Crippen molar-refractivity contribution < 1.29 is 19.1 Å². The molecule has 146 valence electrons. The Labute approximate surface area is 163 Å². The first-order valence-corrected chi connectivity index (χ1v) is 9.46. The lowest BCUT2D eigenvalue weighted by Gasteiger charge is -2.24. The van der Waals surface area contributed by atoms with E-state index in [1.165, 1.54) is 6.20 Å². The molecule has 2 aliphatic heterocycles. The third-order valence-electron chi connectivity index (χ3n) is 5.33. The molecule has 0 unspecified atom stereocenters. The van der Waals surface area contributed by atoms with Gasteiger partial charge in [0.15, 0.2) is 0 Å². The number of carbonyl (C=O) groups is 2. The molecule has 1 N–H and O–H groups in total. The first kappa shape index (κ1) is 18.3. The number of nitrogens with one attached hydrogen (secondary N) is 1. The Morgan fingerprint density at radius 2 is 2.14 bits per heavy atom. The van der Waals surface area contributed by atoms with E-state index < -0.39 is 11.6 Å². The molecule has 0 spiro atoms. The van der Waals surface area contributed by atoms with Crippen LogP contribution in [0.3, 0.4) is 0 Å². The monoisotopic (exact) mass is 381 g/mol. The lowest BCUT2D eigenvalue weighted by molar-refractivity contribution is -0.121. The number of amides is 3. The van der Waals surface area contributed by atoms with Crippen molar-refractivity contribution in [1.29, 1.82) is 0 Å². The minimum absolute atomic E-state index is 0.279. The van der Waals surface area contributed by atoms with Gasteiger partial charge in [-0.2, -0.15) is 0 Å². The van der Waals surface area contributed by atoms with Crippen LogP contribution in [0.2, 0.25) is 0 Å². The summed E-state index contributed by atoms with van der Waals surface area (Å²) < 4.78 is 11.7. The topological polar surface area (TPSA) is 80.8 Å². The van der Waals surface area contributed by atoms with Crippen molar-refractivity contribution in [3.8, 4) is 17.4 Å². The molecule has 3 heterocycles. The summed E-state index contributed by atoms with van der Waals surface area (Å²) in [5.74, 6) is 2.07. The van der Waals surface area contributed by atoms with Crippen LogP contribution in [-0.2, 0) is 11.2 Å². The van der Waals surface area contributed by atoms with E-state index in [4.69, 9.17) is 9.47 Å². The molecule has 2 atom stereocenters. The van der Waals surface area contributed by atoms with Gasteiger partial charge in [-0.15, -0.1) is 0 Å². The van der Waals surface area contributed by atoms with Crippen molar-refractivity contribution in [2.75, 3.05) is 11.5 Å². The molecule has 1 aromatic heterocycles. The lowest BCUT2D eigenvalue weighted by atomic mass is 9.98. The van der Waals surface area contributed by atoms with Crippen LogP contribution in [0.25, 0.3) is 0 Å². The summed E-state index contributed by atoms with van der Waals surface area (Å²) in [6.45, 7) is 6.42. The number of rotatable bonds is 4. The number of hydrogen-bond donors (Lipinski definition) is 1. The maximum atomic E-state index is 12.6. The number of fused-ring (bicyclic) bond motifs is 1. The average Bonchev–Trinajstić information content (AvgIpc) is 2.92. The number of ether oxygens (including phenoxy) is 2. The quantitative estimate of drug-likeness (QED) is 0.818. The van der Waals surface area contributed by atoms with Crippen LogP contribution in [0.1, 0.15) is 32.8 Å². The Morgan fingerprint density at radius 3 is 2.82 bits per heavy atom. The van der Waals surface area contributed by atoms with Crippen molar-refractivity contribution in [1.82, 2.24) is 10.3 Å². The SMILES string of the molecule is CC[C@@]1(C)NC(=O)N(c2ccc(Oc3cccc4c3C[C@@H](C)CO4)nc2)C1=O. The third-order valence-corrected chi connectivity index (χ3v) is 5.33. The number of imide groups is 1. The van der Waals surface area contributed by atoms with Crippen molar-refractivity contribution in [3.63, 3.8) is 0 Å². The van der Waals surface area contributed by atoms with Gasteiger partial charge in [0.2, 0.25) is 5.88 Å². The van der Waals surface area contributed by atoms with Crippen LogP contribution >= 0.6 is 0 Å². The van der Waals surface area contributed by atoms with Crippen molar-refractivity contribution in [2.45, 2.75) is 39.2 Å². The van der Waals surface area contributed by atoms with E-state index in [2.05, 4.69) is 17.2 Å². The minimum atomic E-state index is -0.883. The fraction of sp³-hybridized carbons (Fsp3) is 0.381. The highest BCUT2D eigenvalue weighted by molar-refractivity contribution is 6.23. The molecule has 0 aliphatic carbocycles. The molecule has 7 heteroatoms. The summed E-state index contributed by atoms with van der Waals surface area (Å²) in [5.41, 5.74) is 0.561. The summed E-state index contributed by atoms with van der Waals surface area (Å²) in [6.07, 6.45) is 2.87. The zero-order valence-corrected chi connectivity index (χ0v) is 16.2. The molecule has 2 aromatic rings. The van der Waals surface area contributed by atoms with E-state index in [-0.39, 0.29) is 5.91 Å². The average molecular weight is 381 g/mol. The number of nitrogens with zero attached hydrogens (tertiary/aromatic N) is 2. The van der Waals surface area contributed by atoms with Gasteiger partial charge in [-0.1, -0.05) is 19.9 Å². The van der Waals surface area contributed by atoms with Gasteiger partial charge < -0.3 is 14.8 Å². The highest BCUT2D eigenvalue weighted by atomic mass is 16.5. The van der Waals surface area contributed by atoms with Gasteiger partial charge in [-0.25, -0.2) is 14.7 Å². The molecule has 28 heavy (non-hydrogen) atoms. The second kappa shape index (κ2) is 6.82. The van der Waals surface area contributed by atoms with Gasteiger partial charge >= 0.3 is 6.03 Å². The van der Waals surface area contributed by atoms with E-state index in [1.807, 2.05) is 25.1 Å². The smallest absolute Gasteiger partial charge is 0.329 e. The molecule has 1 aromatic carbocycles. The highest BCUT2D eigenvalue weighted by Gasteiger charge is 2.47. The lowest BCUT2D eigenvalue weighted by Crippen LogP contribution is -2.43. The number of aromatic nitrogens is 1. The van der Waals surface area contributed by atoms with E-state index >= 15 is 0 Å². The second-order valence-corrected chi connectivity index (χ2v) is 7.57. The fourth-order valence-electron chi connectivity index (χ4n) is 3.45. The summed E-state index contributed by atoms with van der Waals surface area (Å²) >= 11 is 0. The van der Waals surface area contributed by atoms with Crippen LogP contribution in [0.4, 0.5) is 10.5 Å². The Bertz CT molecular complexity index is 928. The van der Waals surface area contributed by atoms with Crippen LogP contribution in [0, 0.1) is 5.92 Å². The predicted molar refractivity (Wildman–Crippen MR) is 104 cm³/mol. The third kappa shape index (κ3) is 3.06. The van der Waals surface area contributed by atoms with E-state index in [0.29, 0.717) is 36.3 Å². The van der Waals surface area contributed by atoms with Crippen molar-refractivity contribution >= 4 is 17.6 Å². The molecular formula is C21H23N3O4. The number of benzene rings is 1. The van der Waals surface area contributed by atoms with Gasteiger partial charge in [0.05, 0.1) is 18.5 Å². The number of urea groups is 1. The summed E-state index contributed by atoms with van der Waals surface area (Å²) in [7, 11) is 0. The molecule has 0 bridgehead atoms. The molecule has 1 fully saturated rings. The highest BCUT2D eigenvalue weighted by Crippen LogP contribution is 2.36. The fourth-order valence-corrected chi connectivity index (χ4v) is 3.45. The summed E-state index contributed by atoms with van der Waals surface area (Å²) in [5, 5.41) is 2.74. The molecule has 2 aliphatic rings. The maximum absolute atomic E-state index is 12.6. The molecule has 3 amide bonds. The van der Waals surface area contributed by atoms with E-state index in [9.17, 15) is 9.59 Å².